The number of H-pyrrole nitrogens is 1. The fourth-order valence-electron chi connectivity index (χ4n) is 3.82. The van der Waals surface area contributed by atoms with Gasteiger partial charge in [0.1, 0.15) is 16.7 Å². The number of methoxy groups -OCH3 is 1. The number of nitrogens with one attached hydrogen (secondary N) is 2. The fraction of sp³-hybridized carbons (Fsp3) is 0.148. The van der Waals surface area contributed by atoms with Crippen molar-refractivity contribution in [1.29, 1.82) is 0 Å². The number of carbonyl (C=O) groups excluding carboxylic acids is 2. The van der Waals surface area contributed by atoms with Gasteiger partial charge in [0, 0.05) is 36.0 Å². The number of nitrogens with zero attached hydrogens (tertiary/aromatic N) is 2. The number of aromatic amines is 1. The first kappa shape index (κ1) is 24.8. The van der Waals surface area contributed by atoms with Crippen molar-refractivity contribution >= 4 is 35.0 Å². The molecule has 1 heterocycles. The zero-order chi connectivity index (χ0) is 25.7. The Hall–Kier alpha value is -4.30. The average Bonchev–Trinajstić information content (AvgIpc) is 3.29. The Kier molecular flexibility index (Phi) is 7.56. The highest BCUT2D eigenvalue weighted by atomic mass is 35.5. The van der Waals surface area contributed by atoms with E-state index in [0.717, 1.165) is 11.1 Å². The zero-order valence-electron chi connectivity index (χ0n) is 19.9. The van der Waals surface area contributed by atoms with E-state index in [1.165, 1.54) is 7.11 Å². The van der Waals surface area contributed by atoms with Crippen molar-refractivity contribution in [2.24, 2.45) is 0 Å². The van der Waals surface area contributed by atoms with Gasteiger partial charge in [-0.25, -0.2) is 9.78 Å². The van der Waals surface area contributed by atoms with E-state index in [4.69, 9.17) is 22.3 Å². The van der Waals surface area contributed by atoms with E-state index in [2.05, 4.69) is 15.0 Å². The number of ether oxygens (including phenoxy) is 1. The first-order chi connectivity index (χ1) is 17.4. The van der Waals surface area contributed by atoms with E-state index < -0.39 is 12.1 Å². The maximum Gasteiger partial charge on any atom is 0.411 e. The molecule has 0 aliphatic rings. The van der Waals surface area contributed by atoms with Crippen molar-refractivity contribution in [2.75, 3.05) is 25.2 Å². The van der Waals surface area contributed by atoms with Crippen molar-refractivity contribution < 1.29 is 14.3 Å². The monoisotopic (exact) mass is 503 g/mol. The number of nitrogens with two attached hydrogens (primary N) is 1. The van der Waals surface area contributed by atoms with Crippen molar-refractivity contribution in [3.05, 3.63) is 101 Å². The summed E-state index contributed by atoms with van der Waals surface area (Å²) in [5, 5.41) is 2.96. The highest BCUT2D eigenvalue weighted by Crippen LogP contribution is 2.32. The Balaban J connectivity index is 1.65. The standard InChI is InChI=1S/C27H26ClN5O3/c1-33(26(34)19-8-12-20(29)13-9-19)22(16-17-6-4-3-5-7-17)25-31-23(24(28)32-25)18-10-14-21(15-11-18)30-27(35)36-2/h3-15,22H,16,29H2,1-2H3,(H,30,35)(H,31,32)/t22-/m0/s1. The van der Waals surface area contributed by atoms with Crippen LogP contribution in [0.25, 0.3) is 11.3 Å². The number of benzene rings is 3. The number of hydrogen-bond donors (Lipinski definition) is 3. The Morgan fingerprint density at radius 1 is 1.06 bits per heavy atom. The number of amides is 2. The van der Waals surface area contributed by atoms with Crippen LogP contribution in [-0.4, -0.2) is 41.0 Å². The molecule has 0 fully saturated rings. The molecule has 0 spiro atoms. The van der Waals surface area contributed by atoms with Crippen molar-refractivity contribution in [3.8, 4) is 11.3 Å². The lowest BCUT2D eigenvalue weighted by atomic mass is 10.0. The lowest BCUT2D eigenvalue weighted by Gasteiger charge is -2.27. The third-order valence-corrected chi connectivity index (χ3v) is 6.07. The van der Waals surface area contributed by atoms with Gasteiger partial charge in [-0.05, 0) is 42.0 Å². The third kappa shape index (κ3) is 5.67. The predicted octanol–water partition coefficient (Wildman–Crippen LogP) is 5.55. The lowest BCUT2D eigenvalue weighted by Crippen LogP contribution is -2.33. The maximum absolute atomic E-state index is 13.3. The van der Waals surface area contributed by atoms with Crippen LogP contribution in [0.1, 0.15) is 27.8 Å². The number of anilines is 2. The molecular weight excluding hydrogens is 478 g/mol. The van der Waals surface area contributed by atoms with Gasteiger partial charge >= 0.3 is 6.09 Å². The molecule has 4 N–H and O–H groups in total. The molecule has 0 unspecified atom stereocenters. The summed E-state index contributed by atoms with van der Waals surface area (Å²) >= 11 is 6.57. The van der Waals surface area contributed by atoms with Gasteiger partial charge in [-0.2, -0.15) is 0 Å². The van der Waals surface area contributed by atoms with Crippen LogP contribution in [0.4, 0.5) is 16.2 Å². The molecule has 2 amide bonds. The topological polar surface area (TPSA) is 113 Å². The predicted molar refractivity (Wildman–Crippen MR) is 141 cm³/mol. The molecule has 4 rings (SSSR count). The number of hydrogen-bond acceptors (Lipinski definition) is 5. The molecule has 1 aromatic heterocycles. The highest BCUT2D eigenvalue weighted by molar-refractivity contribution is 6.31. The summed E-state index contributed by atoms with van der Waals surface area (Å²) in [6.07, 6.45) is -0.0241. The van der Waals surface area contributed by atoms with Crippen LogP contribution in [0.2, 0.25) is 5.15 Å². The first-order valence-corrected chi connectivity index (χ1v) is 11.6. The molecule has 0 bridgehead atoms. The van der Waals surface area contributed by atoms with E-state index in [0.29, 0.717) is 40.0 Å². The first-order valence-electron chi connectivity index (χ1n) is 11.2. The summed E-state index contributed by atoms with van der Waals surface area (Å²) in [5.74, 6) is 0.394. The second-order valence-electron chi connectivity index (χ2n) is 8.22. The van der Waals surface area contributed by atoms with E-state index in [-0.39, 0.29) is 5.91 Å². The summed E-state index contributed by atoms with van der Waals surface area (Å²) in [6.45, 7) is 0. The van der Waals surface area contributed by atoms with E-state index >= 15 is 0 Å². The van der Waals surface area contributed by atoms with Crippen molar-refractivity contribution in [2.45, 2.75) is 12.5 Å². The molecular formula is C27H26ClN5O3. The van der Waals surface area contributed by atoms with Gasteiger partial charge in [-0.1, -0.05) is 54.1 Å². The summed E-state index contributed by atoms with van der Waals surface area (Å²) in [5.41, 5.74) is 9.82. The summed E-state index contributed by atoms with van der Waals surface area (Å²) in [6, 6.07) is 23.3. The molecule has 184 valence electrons. The number of likely N-dealkylation sites (N-methyl/N-ethyl adjacent to an activating group) is 1. The number of rotatable bonds is 7. The van der Waals surface area contributed by atoms with Crippen LogP contribution in [0.3, 0.4) is 0 Å². The minimum atomic E-state index is -0.555. The van der Waals surface area contributed by atoms with Gasteiger partial charge in [0.2, 0.25) is 0 Å². The van der Waals surface area contributed by atoms with Crippen LogP contribution in [-0.2, 0) is 11.2 Å². The molecule has 8 nitrogen and oxygen atoms in total. The third-order valence-electron chi connectivity index (χ3n) is 5.80. The Morgan fingerprint density at radius 3 is 2.36 bits per heavy atom. The molecule has 36 heavy (non-hydrogen) atoms. The van der Waals surface area contributed by atoms with Gasteiger partial charge in [0.15, 0.2) is 0 Å². The Labute approximate surface area is 214 Å². The smallest absolute Gasteiger partial charge is 0.411 e. The molecule has 0 saturated carbocycles. The number of imidazole rings is 1. The number of halogens is 1. The SMILES string of the molecule is COC(=O)Nc1ccc(-c2nc([C@H](Cc3ccccc3)N(C)C(=O)c3ccc(N)cc3)[nH]c2Cl)cc1. The summed E-state index contributed by atoms with van der Waals surface area (Å²) in [4.78, 5) is 34.4. The molecule has 1 atom stereocenters. The highest BCUT2D eigenvalue weighted by Gasteiger charge is 2.27. The van der Waals surface area contributed by atoms with Crippen molar-refractivity contribution in [1.82, 2.24) is 14.9 Å². The van der Waals surface area contributed by atoms with Crippen LogP contribution < -0.4 is 11.1 Å². The molecule has 3 aromatic carbocycles. The van der Waals surface area contributed by atoms with Crippen LogP contribution in [0, 0.1) is 0 Å². The van der Waals surface area contributed by atoms with Crippen LogP contribution >= 0.6 is 11.6 Å². The molecule has 0 aliphatic carbocycles. The minimum Gasteiger partial charge on any atom is -0.453 e. The quantitative estimate of drug-likeness (QED) is 0.286. The largest absolute Gasteiger partial charge is 0.453 e. The minimum absolute atomic E-state index is 0.164. The second kappa shape index (κ2) is 11.0. The number of aromatic nitrogens is 2. The van der Waals surface area contributed by atoms with Gasteiger partial charge in [0.25, 0.3) is 5.91 Å². The molecule has 0 aliphatic heterocycles. The van der Waals surface area contributed by atoms with E-state index in [1.807, 2.05) is 30.3 Å². The molecule has 9 heteroatoms. The summed E-state index contributed by atoms with van der Waals surface area (Å²) in [7, 11) is 3.05. The average molecular weight is 504 g/mol. The number of nitrogen functional groups attached to an aromatic ring is 1. The zero-order valence-corrected chi connectivity index (χ0v) is 20.6. The van der Waals surface area contributed by atoms with Gasteiger partial charge in [0.05, 0.1) is 13.2 Å². The van der Waals surface area contributed by atoms with E-state index in [1.54, 1.807) is 60.5 Å². The fourth-order valence-corrected chi connectivity index (χ4v) is 4.07. The summed E-state index contributed by atoms with van der Waals surface area (Å²) < 4.78 is 4.62. The maximum atomic E-state index is 13.3. The van der Waals surface area contributed by atoms with E-state index in [9.17, 15) is 9.59 Å². The molecule has 0 radical (unpaired) electrons. The van der Waals surface area contributed by atoms with Crippen LogP contribution in [0.5, 0.6) is 0 Å². The lowest BCUT2D eigenvalue weighted by molar-refractivity contribution is 0.0723. The molecule has 4 aromatic rings. The second-order valence-corrected chi connectivity index (χ2v) is 8.60. The Bertz CT molecular complexity index is 1340. The normalized spacial score (nSPS) is 11.5. The number of carbonyl (C=O) groups is 2. The Morgan fingerprint density at radius 2 is 1.72 bits per heavy atom. The van der Waals surface area contributed by atoms with Crippen molar-refractivity contribution in [3.63, 3.8) is 0 Å². The van der Waals surface area contributed by atoms with Crippen LogP contribution in [0.15, 0.2) is 78.9 Å². The van der Waals surface area contributed by atoms with Gasteiger partial charge in [-0.15, -0.1) is 0 Å². The van der Waals surface area contributed by atoms with Gasteiger partial charge < -0.3 is 20.4 Å². The molecule has 0 saturated heterocycles. The van der Waals surface area contributed by atoms with Gasteiger partial charge in [-0.3, -0.25) is 10.1 Å².